The summed E-state index contributed by atoms with van der Waals surface area (Å²) in [5, 5.41) is 7.16. The zero-order chi connectivity index (χ0) is 53.6. The Bertz CT molecular complexity index is 3320. The molecule has 0 radical (unpaired) electrons. The number of Topliss-reactive ketones (excluding diaryl/α,β-unsaturated/α-hetero) is 1. The van der Waals surface area contributed by atoms with Gasteiger partial charge in [-0.1, -0.05) is 71.7 Å². The van der Waals surface area contributed by atoms with Gasteiger partial charge in [-0.3, -0.25) is 14.4 Å². The van der Waals surface area contributed by atoms with E-state index in [1.54, 1.807) is 48.8 Å². The van der Waals surface area contributed by atoms with Gasteiger partial charge in [-0.05, 0) is 115 Å². The number of amides is 2. The molecule has 0 unspecified atom stereocenters. The lowest BCUT2D eigenvalue weighted by molar-refractivity contribution is 0.0488. The SMILES string of the molecule is CC(C)(C)OC(=O)N[C@@H]1CCCN(c2nc3cc[nH]c(=O)c3n2Cc2ccccc2Cl)C1.COc1cccc(C(=O)Cn2ccc3nc(N4CCC[C@@H](NC(=O)OC(C)(C)C)C4)n(Cc4ccccc4Cl)c3c2=O)c1. The molecule has 2 aliphatic heterocycles. The van der Waals surface area contributed by atoms with Crippen molar-refractivity contribution in [1.29, 1.82) is 0 Å². The summed E-state index contributed by atoms with van der Waals surface area (Å²) in [5.41, 5.74) is 2.51. The molecule has 2 aliphatic rings. The van der Waals surface area contributed by atoms with E-state index >= 15 is 0 Å². The molecule has 0 bridgehead atoms. The highest BCUT2D eigenvalue weighted by Crippen LogP contribution is 2.29. The molecule has 9 rings (SSSR count). The molecular weight excluding hydrogens is 1000 g/mol. The third-order valence-electron chi connectivity index (χ3n) is 12.6. The third-order valence-corrected chi connectivity index (χ3v) is 13.4. The van der Waals surface area contributed by atoms with Gasteiger partial charge >= 0.3 is 12.2 Å². The summed E-state index contributed by atoms with van der Waals surface area (Å²) in [6, 6.07) is 25.2. The number of piperidine rings is 2. The minimum absolute atomic E-state index is 0.0783. The van der Waals surface area contributed by atoms with E-state index in [0.29, 0.717) is 88.0 Å². The van der Waals surface area contributed by atoms with Crippen LogP contribution in [0, 0.1) is 0 Å². The van der Waals surface area contributed by atoms with E-state index in [9.17, 15) is 24.0 Å². The first kappa shape index (κ1) is 54.0. The van der Waals surface area contributed by atoms with E-state index in [1.807, 2.05) is 99.2 Å². The molecule has 3 aromatic carbocycles. The number of ketones is 1. The molecule has 7 aromatic rings. The van der Waals surface area contributed by atoms with Crippen LogP contribution in [-0.4, -0.2) is 103 Å². The molecule has 0 spiro atoms. The number of anilines is 2. The number of carbonyl (C=O) groups is 3. The number of ether oxygens (including phenoxy) is 3. The van der Waals surface area contributed by atoms with Crippen LogP contribution in [0.3, 0.4) is 0 Å². The highest BCUT2D eigenvalue weighted by Gasteiger charge is 2.30. The monoisotopic (exact) mass is 1060 g/mol. The predicted octanol–water partition coefficient (Wildman–Crippen LogP) is 9.20. The number of imidazole rings is 2. The van der Waals surface area contributed by atoms with Crippen LogP contribution < -0.4 is 36.3 Å². The van der Waals surface area contributed by atoms with Crippen molar-refractivity contribution < 1.29 is 28.6 Å². The first-order chi connectivity index (χ1) is 35.7. The van der Waals surface area contributed by atoms with Crippen molar-refractivity contribution in [2.24, 2.45) is 0 Å². The van der Waals surface area contributed by atoms with Crippen molar-refractivity contribution in [3.8, 4) is 5.75 Å². The van der Waals surface area contributed by atoms with Crippen LogP contribution in [0.5, 0.6) is 5.75 Å². The Morgan fingerprint density at radius 2 is 1.21 bits per heavy atom. The van der Waals surface area contributed by atoms with Gasteiger partial charge in [0.25, 0.3) is 11.1 Å². The Kier molecular flexibility index (Phi) is 16.6. The number of nitrogens with one attached hydrogen (secondary N) is 3. The van der Waals surface area contributed by atoms with Crippen LogP contribution in [0.4, 0.5) is 21.5 Å². The highest BCUT2D eigenvalue weighted by atomic mass is 35.5. The van der Waals surface area contributed by atoms with Crippen LogP contribution in [-0.2, 0) is 29.1 Å². The number of nitrogens with zero attached hydrogens (tertiary/aromatic N) is 7. The van der Waals surface area contributed by atoms with Crippen LogP contribution in [0.25, 0.3) is 22.1 Å². The predicted molar refractivity (Wildman–Crippen MR) is 292 cm³/mol. The third kappa shape index (κ3) is 13.5. The van der Waals surface area contributed by atoms with E-state index in [2.05, 4.69) is 25.4 Å². The molecule has 18 nitrogen and oxygen atoms in total. The minimum Gasteiger partial charge on any atom is -0.497 e. The van der Waals surface area contributed by atoms with Gasteiger partial charge in [0.2, 0.25) is 11.9 Å². The first-order valence-electron chi connectivity index (χ1n) is 25.0. The van der Waals surface area contributed by atoms with Crippen molar-refractivity contribution in [1.82, 2.24) is 39.3 Å². The molecule has 3 N–H and O–H groups in total. The van der Waals surface area contributed by atoms with Gasteiger partial charge in [0.1, 0.15) is 28.0 Å². The molecule has 2 atom stereocenters. The number of fused-ring (bicyclic) bond motifs is 2. The smallest absolute Gasteiger partial charge is 0.407 e. The number of carbonyl (C=O) groups excluding carboxylic acids is 3. The maximum atomic E-state index is 14.0. The summed E-state index contributed by atoms with van der Waals surface area (Å²) in [4.78, 5) is 81.1. The average Bonchev–Trinajstić information content (AvgIpc) is 3.93. The van der Waals surface area contributed by atoms with Crippen LogP contribution in [0.15, 0.2) is 107 Å². The lowest BCUT2D eigenvalue weighted by atomic mass is 10.1. The second-order valence-corrected chi connectivity index (χ2v) is 21.5. The molecule has 4 aromatic heterocycles. The molecule has 2 amide bonds. The van der Waals surface area contributed by atoms with E-state index in [1.165, 1.54) is 11.7 Å². The van der Waals surface area contributed by atoms with Gasteiger partial charge in [0.05, 0.1) is 37.8 Å². The Morgan fingerprint density at radius 3 is 1.73 bits per heavy atom. The number of aromatic nitrogens is 6. The van der Waals surface area contributed by atoms with Crippen molar-refractivity contribution in [2.45, 2.75) is 110 Å². The molecule has 396 valence electrons. The Labute approximate surface area is 444 Å². The zero-order valence-electron chi connectivity index (χ0n) is 43.3. The summed E-state index contributed by atoms with van der Waals surface area (Å²) in [7, 11) is 1.54. The molecule has 0 saturated carbocycles. The largest absolute Gasteiger partial charge is 0.497 e. The van der Waals surface area contributed by atoms with Gasteiger partial charge in [-0.15, -0.1) is 0 Å². The number of H-pyrrole nitrogens is 1. The fourth-order valence-electron chi connectivity index (χ4n) is 9.29. The standard InChI is InChI=1S/C32H36ClN5O5.C23H28ClN5O3/c1-32(2,3)43-31(41)34-23-11-8-15-37(19-23)30-35-26-14-16-36(20-27(39)21-10-7-12-24(17-21)42-4)29(40)28(26)38(30)18-22-9-5-6-13-25(22)33;1-23(2,3)32-22(31)26-16-8-6-12-28(14-16)21-27-18-10-11-25-20(30)19(18)29(21)13-15-7-4-5-9-17(15)24/h5-7,9-10,12-14,16-17,23H,8,11,15,18-20H2,1-4H3,(H,34,41);4-5,7,9-11,16H,6,8,12-14H2,1-3H3,(H,25,30)(H,26,31)/t23-;16-/m11/s1. The summed E-state index contributed by atoms with van der Waals surface area (Å²) in [6.45, 7) is 14.1. The summed E-state index contributed by atoms with van der Waals surface area (Å²) in [6.07, 6.45) is 5.65. The molecule has 2 fully saturated rings. The Morgan fingerprint density at radius 1 is 0.693 bits per heavy atom. The summed E-state index contributed by atoms with van der Waals surface area (Å²) >= 11 is 13.0. The fourth-order valence-corrected chi connectivity index (χ4v) is 9.68. The van der Waals surface area contributed by atoms with E-state index in [-0.39, 0.29) is 35.5 Å². The number of methoxy groups -OCH3 is 1. The molecule has 6 heterocycles. The van der Waals surface area contributed by atoms with Crippen molar-refractivity contribution in [2.75, 3.05) is 43.1 Å². The van der Waals surface area contributed by atoms with Gasteiger partial charge in [0.15, 0.2) is 5.78 Å². The van der Waals surface area contributed by atoms with Gasteiger partial charge in [-0.25, -0.2) is 19.6 Å². The van der Waals surface area contributed by atoms with Crippen LogP contribution in [0.2, 0.25) is 10.0 Å². The molecular formula is C55H64Cl2N10O8. The minimum atomic E-state index is -0.602. The zero-order valence-corrected chi connectivity index (χ0v) is 44.8. The Balaban J connectivity index is 0.000000208. The second-order valence-electron chi connectivity index (χ2n) is 20.7. The molecule has 2 saturated heterocycles. The van der Waals surface area contributed by atoms with Crippen molar-refractivity contribution in [3.05, 3.63) is 145 Å². The lowest BCUT2D eigenvalue weighted by Crippen LogP contribution is -2.49. The first-order valence-corrected chi connectivity index (χ1v) is 25.8. The van der Waals surface area contributed by atoms with Gasteiger partial charge < -0.3 is 53.3 Å². The average molecular weight is 1060 g/mol. The van der Waals surface area contributed by atoms with Crippen LogP contribution >= 0.6 is 23.2 Å². The topological polar surface area (TPSA) is 200 Å². The van der Waals surface area contributed by atoms with E-state index in [0.717, 1.165) is 43.4 Å². The number of halogens is 2. The quantitative estimate of drug-likeness (QED) is 0.0982. The molecule has 20 heteroatoms. The van der Waals surface area contributed by atoms with Gasteiger partial charge in [0, 0.05) is 66.3 Å². The fraction of sp³-hybridized carbons (Fsp3) is 0.400. The normalized spacial score (nSPS) is 16.0. The number of aromatic amines is 1. The number of hydrogen-bond acceptors (Lipinski definition) is 12. The highest BCUT2D eigenvalue weighted by molar-refractivity contribution is 6.31. The van der Waals surface area contributed by atoms with Crippen molar-refractivity contribution >= 4 is 75.1 Å². The number of alkyl carbamates (subject to hydrolysis) is 2. The summed E-state index contributed by atoms with van der Waals surface area (Å²) in [5.74, 6) is 1.63. The number of hydrogen-bond donors (Lipinski definition) is 3. The van der Waals surface area contributed by atoms with E-state index in [4.69, 9.17) is 47.4 Å². The molecule has 75 heavy (non-hydrogen) atoms. The molecule has 0 aliphatic carbocycles. The number of benzene rings is 3. The number of rotatable bonds is 12. The summed E-state index contributed by atoms with van der Waals surface area (Å²) < 4.78 is 21.3. The lowest BCUT2D eigenvalue weighted by Gasteiger charge is -2.34. The Hall–Kier alpha value is -7.31. The van der Waals surface area contributed by atoms with Crippen molar-refractivity contribution in [3.63, 3.8) is 0 Å². The maximum Gasteiger partial charge on any atom is 0.407 e. The van der Waals surface area contributed by atoms with Gasteiger partial charge in [-0.2, -0.15) is 0 Å². The van der Waals surface area contributed by atoms with E-state index < -0.39 is 23.4 Å². The van der Waals surface area contributed by atoms with Crippen LogP contribution in [0.1, 0.15) is 88.7 Å². The number of pyridine rings is 2. The second kappa shape index (κ2) is 23.1. The maximum absolute atomic E-state index is 14.0.